The fraction of sp³-hybridized carbons (Fsp3) is 0.200. The summed E-state index contributed by atoms with van der Waals surface area (Å²) in [6, 6.07) is 15.2. The van der Waals surface area contributed by atoms with E-state index in [1.165, 1.54) is 10.6 Å². The lowest BCUT2D eigenvalue weighted by molar-refractivity contribution is 0.596. The molecule has 0 fully saturated rings. The SMILES string of the molecule is Cc1cc(Br)ccc1N(Cc1ccccc1)S(C)(=O)=O. The van der Waals surface area contributed by atoms with Gasteiger partial charge in [0.25, 0.3) is 0 Å². The Bertz CT molecular complexity index is 699. The average Bonchev–Trinajstić information content (AvgIpc) is 2.37. The van der Waals surface area contributed by atoms with Crippen LogP contribution in [0.3, 0.4) is 0 Å². The first kappa shape index (κ1) is 15.1. The van der Waals surface area contributed by atoms with Crippen LogP contribution >= 0.6 is 15.9 Å². The Balaban J connectivity index is 2.44. The van der Waals surface area contributed by atoms with Crippen molar-refractivity contribution in [1.29, 1.82) is 0 Å². The predicted octanol–water partition coefficient (Wildman–Crippen LogP) is 3.72. The molecule has 0 bridgehead atoms. The van der Waals surface area contributed by atoms with Crippen LogP contribution in [0.15, 0.2) is 53.0 Å². The van der Waals surface area contributed by atoms with Crippen LogP contribution in [0.4, 0.5) is 5.69 Å². The summed E-state index contributed by atoms with van der Waals surface area (Å²) in [7, 11) is -3.33. The minimum absolute atomic E-state index is 0.335. The van der Waals surface area contributed by atoms with Gasteiger partial charge in [-0.25, -0.2) is 8.42 Å². The highest BCUT2D eigenvalue weighted by molar-refractivity contribution is 9.10. The molecule has 0 aliphatic carbocycles. The topological polar surface area (TPSA) is 37.4 Å². The van der Waals surface area contributed by atoms with Crippen LogP contribution < -0.4 is 4.31 Å². The van der Waals surface area contributed by atoms with E-state index in [0.29, 0.717) is 12.2 Å². The van der Waals surface area contributed by atoms with Gasteiger partial charge < -0.3 is 0 Å². The quantitative estimate of drug-likeness (QED) is 0.839. The van der Waals surface area contributed by atoms with Crippen LogP contribution in [-0.2, 0) is 16.6 Å². The van der Waals surface area contributed by atoms with Gasteiger partial charge in [0.1, 0.15) is 0 Å². The first-order chi connectivity index (χ1) is 9.38. The van der Waals surface area contributed by atoms with E-state index in [-0.39, 0.29) is 0 Å². The Hall–Kier alpha value is -1.33. The third kappa shape index (κ3) is 3.61. The average molecular weight is 354 g/mol. The molecule has 5 heteroatoms. The molecular weight excluding hydrogens is 338 g/mol. The minimum Gasteiger partial charge on any atom is -0.266 e. The molecule has 106 valence electrons. The molecule has 20 heavy (non-hydrogen) atoms. The minimum atomic E-state index is -3.33. The molecular formula is C15H16BrNO2S. The summed E-state index contributed by atoms with van der Waals surface area (Å²) >= 11 is 3.39. The van der Waals surface area contributed by atoms with Crippen molar-refractivity contribution in [3.63, 3.8) is 0 Å². The predicted molar refractivity (Wildman–Crippen MR) is 86.3 cm³/mol. The summed E-state index contributed by atoms with van der Waals surface area (Å²) in [6.45, 7) is 2.24. The second kappa shape index (κ2) is 5.97. The number of nitrogens with zero attached hydrogens (tertiary/aromatic N) is 1. The highest BCUT2D eigenvalue weighted by Crippen LogP contribution is 2.27. The van der Waals surface area contributed by atoms with Crippen LogP contribution in [0, 0.1) is 6.92 Å². The van der Waals surface area contributed by atoms with E-state index in [9.17, 15) is 8.42 Å². The summed E-state index contributed by atoms with van der Waals surface area (Å²) in [5.74, 6) is 0. The van der Waals surface area contributed by atoms with Crippen molar-refractivity contribution in [3.05, 3.63) is 64.1 Å². The second-order valence-corrected chi connectivity index (χ2v) is 7.51. The maximum Gasteiger partial charge on any atom is 0.232 e. The summed E-state index contributed by atoms with van der Waals surface area (Å²) < 4.78 is 26.5. The van der Waals surface area contributed by atoms with Crippen LogP contribution in [0.1, 0.15) is 11.1 Å². The van der Waals surface area contributed by atoms with Crippen molar-refractivity contribution in [3.8, 4) is 0 Å². The van der Waals surface area contributed by atoms with Crippen molar-refractivity contribution in [2.75, 3.05) is 10.6 Å². The molecule has 0 atom stereocenters. The van der Waals surface area contributed by atoms with Crippen LogP contribution in [0.5, 0.6) is 0 Å². The number of halogens is 1. The zero-order valence-electron chi connectivity index (χ0n) is 11.4. The van der Waals surface area contributed by atoms with Crippen molar-refractivity contribution >= 4 is 31.6 Å². The van der Waals surface area contributed by atoms with Gasteiger partial charge in [0.15, 0.2) is 0 Å². The highest BCUT2D eigenvalue weighted by atomic mass is 79.9. The second-order valence-electron chi connectivity index (χ2n) is 4.69. The van der Waals surface area contributed by atoms with Crippen LogP contribution in [0.2, 0.25) is 0 Å². The molecule has 0 radical (unpaired) electrons. The Morgan fingerprint density at radius 3 is 2.30 bits per heavy atom. The number of anilines is 1. The van der Waals surface area contributed by atoms with Gasteiger partial charge in [-0.1, -0.05) is 46.3 Å². The number of hydrogen-bond donors (Lipinski definition) is 0. The molecule has 0 aromatic heterocycles. The molecule has 0 spiro atoms. The number of aryl methyl sites for hydroxylation is 1. The van der Waals surface area contributed by atoms with E-state index < -0.39 is 10.0 Å². The number of rotatable bonds is 4. The smallest absolute Gasteiger partial charge is 0.232 e. The third-order valence-electron chi connectivity index (χ3n) is 3.00. The lowest BCUT2D eigenvalue weighted by Crippen LogP contribution is -2.29. The standard InChI is InChI=1S/C15H16BrNO2S/c1-12-10-14(16)8-9-15(12)17(20(2,18)19)11-13-6-4-3-5-7-13/h3-10H,11H2,1-2H3. The van der Waals surface area contributed by atoms with Gasteiger partial charge >= 0.3 is 0 Å². The Morgan fingerprint density at radius 2 is 1.75 bits per heavy atom. The first-order valence-corrected chi connectivity index (χ1v) is 8.80. The Labute approximate surface area is 128 Å². The fourth-order valence-corrected chi connectivity index (χ4v) is 3.45. The van der Waals surface area contributed by atoms with Crippen molar-refractivity contribution in [1.82, 2.24) is 0 Å². The molecule has 0 aliphatic heterocycles. The van der Waals surface area contributed by atoms with E-state index in [1.807, 2.05) is 55.5 Å². The first-order valence-electron chi connectivity index (χ1n) is 6.16. The monoisotopic (exact) mass is 353 g/mol. The maximum absolute atomic E-state index is 12.1. The van der Waals surface area contributed by atoms with E-state index >= 15 is 0 Å². The molecule has 2 aromatic carbocycles. The molecule has 0 saturated carbocycles. The molecule has 2 rings (SSSR count). The molecule has 0 saturated heterocycles. The summed E-state index contributed by atoms with van der Waals surface area (Å²) in [5, 5.41) is 0. The molecule has 0 heterocycles. The van der Waals surface area contributed by atoms with E-state index in [4.69, 9.17) is 0 Å². The molecule has 0 unspecified atom stereocenters. The summed E-state index contributed by atoms with van der Waals surface area (Å²) in [5.41, 5.74) is 2.58. The molecule has 2 aromatic rings. The highest BCUT2D eigenvalue weighted by Gasteiger charge is 2.19. The van der Waals surface area contributed by atoms with E-state index in [1.54, 1.807) is 0 Å². The Kier molecular flexibility index (Phi) is 4.50. The molecule has 0 N–H and O–H groups in total. The third-order valence-corrected chi connectivity index (χ3v) is 4.62. The van der Waals surface area contributed by atoms with Gasteiger partial charge in [-0.15, -0.1) is 0 Å². The van der Waals surface area contributed by atoms with Crippen molar-refractivity contribution < 1.29 is 8.42 Å². The zero-order chi connectivity index (χ0) is 14.8. The number of benzene rings is 2. The van der Waals surface area contributed by atoms with Crippen molar-refractivity contribution in [2.45, 2.75) is 13.5 Å². The Morgan fingerprint density at radius 1 is 1.10 bits per heavy atom. The molecule has 0 aliphatic rings. The normalized spacial score (nSPS) is 11.3. The van der Waals surface area contributed by atoms with Gasteiger partial charge in [0, 0.05) is 4.47 Å². The zero-order valence-corrected chi connectivity index (χ0v) is 13.8. The number of hydrogen-bond acceptors (Lipinski definition) is 2. The van der Waals surface area contributed by atoms with Crippen molar-refractivity contribution in [2.24, 2.45) is 0 Å². The van der Waals surface area contributed by atoms with Gasteiger partial charge in [-0.2, -0.15) is 0 Å². The van der Waals surface area contributed by atoms with Gasteiger partial charge in [-0.05, 0) is 36.2 Å². The molecule has 0 amide bonds. The molecule has 3 nitrogen and oxygen atoms in total. The summed E-state index contributed by atoms with van der Waals surface area (Å²) in [4.78, 5) is 0. The lowest BCUT2D eigenvalue weighted by Gasteiger charge is -2.24. The largest absolute Gasteiger partial charge is 0.266 e. The lowest BCUT2D eigenvalue weighted by atomic mass is 10.2. The van der Waals surface area contributed by atoms with Gasteiger partial charge in [0.2, 0.25) is 10.0 Å². The number of sulfonamides is 1. The van der Waals surface area contributed by atoms with Gasteiger partial charge in [-0.3, -0.25) is 4.31 Å². The van der Waals surface area contributed by atoms with Crippen LogP contribution in [-0.4, -0.2) is 14.7 Å². The fourth-order valence-electron chi connectivity index (χ4n) is 2.03. The van der Waals surface area contributed by atoms with E-state index in [2.05, 4.69) is 15.9 Å². The van der Waals surface area contributed by atoms with Gasteiger partial charge in [0.05, 0.1) is 18.5 Å². The van der Waals surface area contributed by atoms with Crippen LogP contribution in [0.25, 0.3) is 0 Å². The summed E-state index contributed by atoms with van der Waals surface area (Å²) in [6.07, 6.45) is 1.23. The van der Waals surface area contributed by atoms with E-state index in [0.717, 1.165) is 15.6 Å². The maximum atomic E-state index is 12.1.